The lowest BCUT2D eigenvalue weighted by Crippen LogP contribution is -2.35. The van der Waals surface area contributed by atoms with Crippen LogP contribution >= 0.6 is 11.6 Å². The standard InChI is InChI=1S/C15H22ClN3/c1-11-3-2-6-19(10-11)15-14(16)7-12(9-18-15)8-17-13-4-5-13/h7,9,11,13,17H,2-6,8,10H2,1H3. The fourth-order valence-corrected chi connectivity index (χ4v) is 3.04. The van der Waals surface area contributed by atoms with Gasteiger partial charge >= 0.3 is 0 Å². The van der Waals surface area contributed by atoms with Crippen molar-refractivity contribution in [2.45, 2.75) is 45.2 Å². The Morgan fingerprint density at radius 2 is 2.26 bits per heavy atom. The summed E-state index contributed by atoms with van der Waals surface area (Å²) in [6.07, 6.45) is 7.15. The van der Waals surface area contributed by atoms with Crippen molar-refractivity contribution in [2.24, 2.45) is 5.92 Å². The Morgan fingerprint density at radius 1 is 1.42 bits per heavy atom. The Kier molecular flexibility index (Phi) is 3.94. The van der Waals surface area contributed by atoms with Gasteiger partial charge in [-0.05, 0) is 43.2 Å². The van der Waals surface area contributed by atoms with E-state index in [4.69, 9.17) is 11.6 Å². The molecule has 0 spiro atoms. The molecule has 2 fully saturated rings. The first kappa shape index (κ1) is 13.2. The van der Waals surface area contributed by atoms with Crippen molar-refractivity contribution < 1.29 is 0 Å². The lowest BCUT2D eigenvalue weighted by molar-refractivity contribution is 0.444. The Labute approximate surface area is 120 Å². The van der Waals surface area contributed by atoms with E-state index in [-0.39, 0.29) is 0 Å². The van der Waals surface area contributed by atoms with Crippen LogP contribution in [0, 0.1) is 5.92 Å². The summed E-state index contributed by atoms with van der Waals surface area (Å²) in [5.74, 6) is 1.70. The van der Waals surface area contributed by atoms with Gasteiger partial charge in [0.2, 0.25) is 0 Å². The molecule has 1 aromatic heterocycles. The molecule has 1 saturated carbocycles. The molecule has 0 radical (unpaired) electrons. The van der Waals surface area contributed by atoms with E-state index in [0.29, 0.717) is 0 Å². The molecule has 0 amide bonds. The maximum Gasteiger partial charge on any atom is 0.147 e. The molecule has 1 atom stereocenters. The van der Waals surface area contributed by atoms with Crippen LogP contribution in [0.3, 0.4) is 0 Å². The molecule has 4 heteroatoms. The van der Waals surface area contributed by atoms with Gasteiger partial charge in [0.1, 0.15) is 5.82 Å². The van der Waals surface area contributed by atoms with E-state index in [1.165, 1.54) is 31.2 Å². The predicted octanol–water partition coefficient (Wildman–Crippen LogP) is 3.22. The van der Waals surface area contributed by atoms with Crippen molar-refractivity contribution in [3.8, 4) is 0 Å². The minimum absolute atomic E-state index is 0.724. The highest BCUT2D eigenvalue weighted by atomic mass is 35.5. The van der Waals surface area contributed by atoms with Crippen molar-refractivity contribution in [1.82, 2.24) is 10.3 Å². The summed E-state index contributed by atoms with van der Waals surface area (Å²) in [5.41, 5.74) is 1.19. The molecule has 2 aliphatic rings. The number of nitrogens with zero attached hydrogens (tertiary/aromatic N) is 2. The van der Waals surface area contributed by atoms with E-state index in [1.807, 2.05) is 6.20 Å². The second-order valence-electron chi connectivity index (χ2n) is 6.00. The highest BCUT2D eigenvalue weighted by Crippen LogP contribution is 2.28. The quantitative estimate of drug-likeness (QED) is 0.917. The van der Waals surface area contributed by atoms with E-state index in [1.54, 1.807) is 0 Å². The summed E-state index contributed by atoms with van der Waals surface area (Å²) in [6.45, 7) is 5.34. The number of aromatic nitrogens is 1. The van der Waals surface area contributed by atoms with Crippen molar-refractivity contribution in [3.63, 3.8) is 0 Å². The summed E-state index contributed by atoms with van der Waals surface area (Å²) in [6, 6.07) is 2.79. The van der Waals surface area contributed by atoms with Crippen LogP contribution in [0.5, 0.6) is 0 Å². The van der Waals surface area contributed by atoms with E-state index in [2.05, 4.69) is 28.2 Å². The molecule has 3 rings (SSSR count). The van der Waals surface area contributed by atoms with Gasteiger partial charge in [-0.15, -0.1) is 0 Å². The number of hydrogen-bond donors (Lipinski definition) is 1. The van der Waals surface area contributed by atoms with Crippen molar-refractivity contribution in [2.75, 3.05) is 18.0 Å². The Hall–Kier alpha value is -0.800. The minimum atomic E-state index is 0.724. The van der Waals surface area contributed by atoms with Gasteiger partial charge in [0.05, 0.1) is 5.02 Å². The number of halogens is 1. The first-order valence-corrected chi connectivity index (χ1v) is 7.73. The topological polar surface area (TPSA) is 28.2 Å². The second kappa shape index (κ2) is 5.68. The van der Waals surface area contributed by atoms with Gasteiger partial charge in [0.15, 0.2) is 0 Å². The fraction of sp³-hybridized carbons (Fsp3) is 0.667. The van der Waals surface area contributed by atoms with E-state index < -0.39 is 0 Å². The molecule has 0 bridgehead atoms. The highest BCUT2D eigenvalue weighted by molar-refractivity contribution is 6.33. The molecule has 1 unspecified atom stereocenters. The molecule has 19 heavy (non-hydrogen) atoms. The van der Waals surface area contributed by atoms with Crippen molar-refractivity contribution in [1.29, 1.82) is 0 Å². The number of hydrogen-bond acceptors (Lipinski definition) is 3. The molecule has 2 heterocycles. The zero-order chi connectivity index (χ0) is 13.2. The third kappa shape index (κ3) is 3.40. The molecule has 104 valence electrons. The Bertz CT molecular complexity index is 445. The van der Waals surface area contributed by atoms with Crippen LogP contribution in [0.2, 0.25) is 5.02 Å². The summed E-state index contributed by atoms with van der Waals surface area (Å²) in [7, 11) is 0. The monoisotopic (exact) mass is 279 g/mol. The van der Waals surface area contributed by atoms with Crippen LogP contribution in [-0.2, 0) is 6.54 Å². The SMILES string of the molecule is CC1CCCN(c2ncc(CNC3CC3)cc2Cl)C1. The normalized spacial score (nSPS) is 23.7. The van der Waals surface area contributed by atoms with Gasteiger partial charge in [-0.1, -0.05) is 18.5 Å². The predicted molar refractivity (Wildman–Crippen MR) is 79.7 cm³/mol. The molecule has 1 N–H and O–H groups in total. The van der Waals surface area contributed by atoms with Gasteiger partial charge in [-0.2, -0.15) is 0 Å². The third-order valence-electron chi connectivity index (χ3n) is 4.01. The number of nitrogens with one attached hydrogen (secondary N) is 1. The van der Waals surface area contributed by atoms with Crippen LogP contribution in [0.25, 0.3) is 0 Å². The first-order valence-electron chi connectivity index (χ1n) is 7.35. The average molecular weight is 280 g/mol. The van der Waals surface area contributed by atoms with E-state index in [9.17, 15) is 0 Å². The first-order chi connectivity index (χ1) is 9.22. The largest absolute Gasteiger partial charge is 0.355 e. The molecule has 3 nitrogen and oxygen atoms in total. The van der Waals surface area contributed by atoms with Gasteiger partial charge in [0, 0.05) is 31.9 Å². The second-order valence-corrected chi connectivity index (χ2v) is 6.40. The van der Waals surface area contributed by atoms with E-state index >= 15 is 0 Å². The van der Waals surface area contributed by atoms with Crippen molar-refractivity contribution >= 4 is 17.4 Å². The number of rotatable bonds is 4. The Balaban J connectivity index is 1.67. The lowest BCUT2D eigenvalue weighted by atomic mass is 10.0. The minimum Gasteiger partial charge on any atom is -0.355 e. The van der Waals surface area contributed by atoms with Crippen LogP contribution < -0.4 is 10.2 Å². The molecule has 1 aliphatic heterocycles. The summed E-state index contributed by atoms with van der Waals surface area (Å²) >= 11 is 6.41. The summed E-state index contributed by atoms with van der Waals surface area (Å²) < 4.78 is 0. The smallest absolute Gasteiger partial charge is 0.147 e. The highest BCUT2D eigenvalue weighted by Gasteiger charge is 2.21. The van der Waals surface area contributed by atoms with Gasteiger partial charge in [-0.3, -0.25) is 0 Å². The summed E-state index contributed by atoms with van der Waals surface area (Å²) in [5, 5.41) is 4.29. The fourth-order valence-electron chi connectivity index (χ4n) is 2.73. The number of pyridine rings is 1. The van der Waals surface area contributed by atoms with Crippen LogP contribution in [0.15, 0.2) is 12.3 Å². The van der Waals surface area contributed by atoms with E-state index in [0.717, 1.165) is 42.4 Å². The third-order valence-corrected chi connectivity index (χ3v) is 4.29. The number of piperidine rings is 1. The zero-order valence-electron chi connectivity index (χ0n) is 11.5. The van der Waals surface area contributed by atoms with Crippen LogP contribution in [-0.4, -0.2) is 24.1 Å². The molecule has 1 aliphatic carbocycles. The molecular weight excluding hydrogens is 258 g/mol. The molecule has 1 aromatic rings. The maximum atomic E-state index is 6.41. The molecular formula is C15H22ClN3. The Morgan fingerprint density at radius 3 is 2.95 bits per heavy atom. The van der Waals surface area contributed by atoms with Gasteiger partial charge in [0.25, 0.3) is 0 Å². The van der Waals surface area contributed by atoms with Gasteiger partial charge in [-0.25, -0.2) is 4.98 Å². The van der Waals surface area contributed by atoms with Crippen LogP contribution in [0.4, 0.5) is 5.82 Å². The zero-order valence-corrected chi connectivity index (χ0v) is 12.3. The van der Waals surface area contributed by atoms with Gasteiger partial charge < -0.3 is 10.2 Å². The molecule has 1 saturated heterocycles. The van der Waals surface area contributed by atoms with Crippen molar-refractivity contribution in [3.05, 3.63) is 22.8 Å². The average Bonchev–Trinajstić information content (AvgIpc) is 3.20. The summed E-state index contributed by atoms with van der Waals surface area (Å²) in [4.78, 5) is 6.92. The molecule has 0 aromatic carbocycles. The van der Waals surface area contributed by atoms with Crippen LogP contribution in [0.1, 0.15) is 38.2 Å². The lowest BCUT2D eigenvalue weighted by Gasteiger charge is -2.32. The maximum absolute atomic E-state index is 6.41. The number of anilines is 1.